The third-order valence-corrected chi connectivity index (χ3v) is 5.96. The van der Waals surface area contributed by atoms with Crippen LogP contribution < -0.4 is 10.6 Å². The highest BCUT2D eigenvalue weighted by Crippen LogP contribution is 2.23. The van der Waals surface area contributed by atoms with E-state index in [1.54, 1.807) is 42.7 Å². The fourth-order valence-corrected chi connectivity index (χ4v) is 4.15. The van der Waals surface area contributed by atoms with E-state index >= 15 is 0 Å². The largest absolute Gasteiger partial charge is 0.325 e. The van der Waals surface area contributed by atoms with E-state index in [9.17, 15) is 9.59 Å². The summed E-state index contributed by atoms with van der Waals surface area (Å²) in [6, 6.07) is 18.2. The maximum atomic E-state index is 12.5. The average molecular weight is 473 g/mol. The average Bonchev–Trinajstić information content (AvgIpc) is 3.27. The molecule has 0 saturated heterocycles. The number of pyridine rings is 1. The Morgan fingerprint density at radius 3 is 2.41 bits per heavy atom. The van der Waals surface area contributed by atoms with Crippen LogP contribution in [0.15, 0.2) is 78.2 Å². The van der Waals surface area contributed by atoms with Crippen molar-refractivity contribution in [1.82, 2.24) is 19.7 Å². The lowest BCUT2D eigenvalue weighted by Crippen LogP contribution is -2.15. The van der Waals surface area contributed by atoms with E-state index in [0.29, 0.717) is 28.6 Å². The Morgan fingerprint density at radius 2 is 1.74 bits per heavy atom. The molecule has 0 atom stereocenters. The minimum Gasteiger partial charge on any atom is -0.325 e. The van der Waals surface area contributed by atoms with Crippen LogP contribution in [0, 0.1) is 6.92 Å². The zero-order valence-electron chi connectivity index (χ0n) is 18.9. The van der Waals surface area contributed by atoms with E-state index in [-0.39, 0.29) is 17.6 Å². The fraction of sp³-hybridized carbons (Fsp3) is 0.160. The minimum atomic E-state index is -0.178. The standard InChI is InChI=1S/C25H24N6O2S/c1-3-31-23(19-8-5-13-26-15-19)29-30-25(31)34-16-22(32)27-20-9-11-21(12-10-20)28-24(33)18-7-4-6-17(2)14-18/h4-15H,3,16H2,1-2H3,(H,27,32)(H,28,33). The number of nitrogens with zero attached hydrogens (tertiary/aromatic N) is 4. The summed E-state index contributed by atoms with van der Waals surface area (Å²) < 4.78 is 1.96. The summed E-state index contributed by atoms with van der Waals surface area (Å²) in [7, 11) is 0. The fourth-order valence-electron chi connectivity index (χ4n) is 3.34. The summed E-state index contributed by atoms with van der Waals surface area (Å²) >= 11 is 1.32. The summed E-state index contributed by atoms with van der Waals surface area (Å²) in [5.41, 5.74) is 3.79. The molecule has 2 aromatic carbocycles. The van der Waals surface area contributed by atoms with Crippen molar-refractivity contribution in [2.45, 2.75) is 25.5 Å². The lowest BCUT2D eigenvalue weighted by Gasteiger charge is -2.09. The molecule has 0 saturated carbocycles. The Hall–Kier alpha value is -3.98. The summed E-state index contributed by atoms with van der Waals surface area (Å²) in [5, 5.41) is 14.9. The van der Waals surface area contributed by atoms with Gasteiger partial charge in [0.05, 0.1) is 5.75 Å². The molecule has 0 aliphatic carbocycles. The van der Waals surface area contributed by atoms with Crippen molar-refractivity contribution in [2.24, 2.45) is 0 Å². The van der Waals surface area contributed by atoms with Gasteiger partial charge in [0.25, 0.3) is 5.91 Å². The van der Waals surface area contributed by atoms with Crippen LogP contribution >= 0.6 is 11.8 Å². The van der Waals surface area contributed by atoms with Gasteiger partial charge in [0.1, 0.15) is 0 Å². The highest BCUT2D eigenvalue weighted by molar-refractivity contribution is 7.99. The van der Waals surface area contributed by atoms with E-state index in [4.69, 9.17) is 0 Å². The smallest absolute Gasteiger partial charge is 0.255 e. The summed E-state index contributed by atoms with van der Waals surface area (Å²) in [5.74, 6) is 0.580. The molecule has 4 aromatic rings. The van der Waals surface area contributed by atoms with Crippen molar-refractivity contribution in [1.29, 1.82) is 0 Å². The van der Waals surface area contributed by atoms with Gasteiger partial charge in [0, 0.05) is 41.4 Å². The SMILES string of the molecule is CCn1c(SCC(=O)Nc2ccc(NC(=O)c3cccc(C)c3)cc2)nnc1-c1cccnc1. The second-order valence-corrected chi connectivity index (χ2v) is 8.47. The molecule has 0 aliphatic rings. The van der Waals surface area contributed by atoms with Crippen LogP contribution in [0.2, 0.25) is 0 Å². The van der Waals surface area contributed by atoms with E-state index < -0.39 is 0 Å². The van der Waals surface area contributed by atoms with Gasteiger partial charge in [-0.1, -0.05) is 29.5 Å². The second-order valence-electron chi connectivity index (χ2n) is 7.53. The second kappa shape index (κ2) is 10.8. The Labute approximate surface area is 201 Å². The lowest BCUT2D eigenvalue weighted by atomic mass is 10.1. The minimum absolute atomic E-state index is 0.157. The molecular formula is C25H24N6O2S. The highest BCUT2D eigenvalue weighted by Gasteiger charge is 2.15. The highest BCUT2D eigenvalue weighted by atomic mass is 32.2. The topological polar surface area (TPSA) is 102 Å². The van der Waals surface area contributed by atoms with Gasteiger partial charge in [-0.2, -0.15) is 0 Å². The maximum absolute atomic E-state index is 12.5. The van der Waals surface area contributed by atoms with Crippen molar-refractivity contribution in [2.75, 3.05) is 16.4 Å². The predicted octanol–water partition coefficient (Wildman–Crippen LogP) is 4.65. The van der Waals surface area contributed by atoms with E-state index in [2.05, 4.69) is 25.8 Å². The summed E-state index contributed by atoms with van der Waals surface area (Å²) in [4.78, 5) is 29.0. The van der Waals surface area contributed by atoms with Crippen molar-refractivity contribution < 1.29 is 9.59 Å². The van der Waals surface area contributed by atoms with Gasteiger partial charge in [-0.15, -0.1) is 10.2 Å². The molecule has 0 aliphatic heterocycles. The zero-order valence-corrected chi connectivity index (χ0v) is 19.7. The monoisotopic (exact) mass is 472 g/mol. The summed E-state index contributed by atoms with van der Waals surface area (Å²) in [6.45, 7) is 4.63. The number of aryl methyl sites for hydroxylation is 1. The molecule has 0 bridgehead atoms. The number of carbonyl (C=O) groups is 2. The van der Waals surface area contributed by atoms with Crippen LogP contribution in [0.25, 0.3) is 11.4 Å². The van der Waals surface area contributed by atoms with E-state index in [0.717, 1.165) is 17.0 Å². The number of anilines is 2. The third kappa shape index (κ3) is 5.68. The van der Waals surface area contributed by atoms with Crippen LogP contribution in [0.1, 0.15) is 22.8 Å². The molecule has 2 amide bonds. The molecule has 2 heterocycles. The van der Waals surface area contributed by atoms with Gasteiger partial charge in [-0.3, -0.25) is 14.6 Å². The summed E-state index contributed by atoms with van der Waals surface area (Å²) in [6.07, 6.45) is 3.45. The molecular weight excluding hydrogens is 448 g/mol. The van der Waals surface area contributed by atoms with Crippen LogP contribution in [0.5, 0.6) is 0 Å². The van der Waals surface area contributed by atoms with Crippen LogP contribution in [-0.4, -0.2) is 37.3 Å². The number of nitrogens with one attached hydrogen (secondary N) is 2. The van der Waals surface area contributed by atoms with Crippen molar-refractivity contribution in [3.8, 4) is 11.4 Å². The van der Waals surface area contributed by atoms with Gasteiger partial charge in [-0.25, -0.2) is 0 Å². The quantitative estimate of drug-likeness (QED) is 0.362. The van der Waals surface area contributed by atoms with Gasteiger partial charge >= 0.3 is 0 Å². The molecule has 34 heavy (non-hydrogen) atoms. The third-order valence-electron chi connectivity index (χ3n) is 4.99. The maximum Gasteiger partial charge on any atom is 0.255 e. The van der Waals surface area contributed by atoms with Crippen molar-refractivity contribution >= 4 is 35.0 Å². The van der Waals surface area contributed by atoms with Crippen LogP contribution in [0.3, 0.4) is 0 Å². The first kappa shape index (κ1) is 23.2. The molecule has 0 fully saturated rings. The van der Waals surface area contributed by atoms with E-state index in [1.165, 1.54) is 11.8 Å². The molecule has 9 heteroatoms. The Morgan fingerprint density at radius 1 is 0.971 bits per heavy atom. The molecule has 0 unspecified atom stereocenters. The number of amides is 2. The van der Waals surface area contributed by atoms with Crippen molar-refractivity contribution in [3.63, 3.8) is 0 Å². The molecule has 172 valence electrons. The number of carbonyl (C=O) groups excluding carboxylic acids is 2. The van der Waals surface area contributed by atoms with Gasteiger partial charge in [-0.05, 0) is 62.4 Å². The number of aromatic nitrogens is 4. The first-order valence-electron chi connectivity index (χ1n) is 10.8. The molecule has 0 radical (unpaired) electrons. The van der Waals surface area contributed by atoms with E-state index in [1.807, 2.05) is 48.7 Å². The van der Waals surface area contributed by atoms with Crippen LogP contribution in [-0.2, 0) is 11.3 Å². The first-order chi connectivity index (χ1) is 16.5. The van der Waals surface area contributed by atoms with Gasteiger partial charge in [0.2, 0.25) is 5.91 Å². The number of benzene rings is 2. The predicted molar refractivity (Wildman–Crippen MR) is 134 cm³/mol. The van der Waals surface area contributed by atoms with Gasteiger partial charge in [0.15, 0.2) is 11.0 Å². The number of hydrogen-bond donors (Lipinski definition) is 2. The Balaban J connectivity index is 1.32. The Bertz CT molecular complexity index is 1290. The van der Waals surface area contributed by atoms with Gasteiger partial charge < -0.3 is 15.2 Å². The van der Waals surface area contributed by atoms with Crippen LogP contribution in [0.4, 0.5) is 11.4 Å². The number of rotatable bonds is 8. The molecule has 2 N–H and O–H groups in total. The molecule has 0 spiro atoms. The van der Waals surface area contributed by atoms with Crippen molar-refractivity contribution in [3.05, 3.63) is 84.2 Å². The first-order valence-corrected chi connectivity index (χ1v) is 11.8. The number of thioether (sulfide) groups is 1. The molecule has 8 nitrogen and oxygen atoms in total. The molecule has 2 aromatic heterocycles. The zero-order chi connectivity index (χ0) is 23.9. The lowest BCUT2D eigenvalue weighted by molar-refractivity contribution is -0.113. The molecule has 4 rings (SSSR count). The normalized spacial score (nSPS) is 10.6. The number of hydrogen-bond acceptors (Lipinski definition) is 6. The Kier molecular flexibility index (Phi) is 7.34.